The van der Waals surface area contributed by atoms with Gasteiger partial charge in [0.2, 0.25) is 11.8 Å². The van der Waals surface area contributed by atoms with Gasteiger partial charge in [-0.25, -0.2) is 9.59 Å². The number of carboxylic acids is 1. The van der Waals surface area contributed by atoms with Crippen LogP contribution in [0.1, 0.15) is 25.7 Å². The first-order valence-corrected chi connectivity index (χ1v) is 6.60. The van der Waals surface area contributed by atoms with Crippen LogP contribution in [-0.2, 0) is 14.4 Å². The Morgan fingerprint density at radius 1 is 1.10 bits per heavy atom. The predicted octanol–water partition coefficient (Wildman–Crippen LogP) is -0.606. The van der Waals surface area contributed by atoms with Crippen molar-refractivity contribution in [2.75, 3.05) is 19.6 Å². The first kappa shape index (κ1) is 14.3. The minimum absolute atomic E-state index is 0.215. The van der Waals surface area contributed by atoms with Gasteiger partial charge in [0.25, 0.3) is 0 Å². The number of hydrogen-bond acceptors (Lipinski definition) is 4. The molecule has 0 bridgehead atoms. The van der Waals surface area contributed by atoms with Gasteiger partial charge in [-0.2, -0.15) is 0 Å². The summed E-state index contributed by atoms with van der Waals surface area (Å²) in [6.07, 6.45) is 2.74. The monoisotopic (exact) mass is 283 g/mol. The molecule has 2 saturated heterocycles. The van der Waals surface area contributed by atoms with Gasteiger partial charge >= 0.3 is 12.0 Å². The summed E-state index contributed by atoms with van der Waals surface area (Å²) in [4.78, 5) is 48.6. The van der Waals surface area contributed by atoms with E-state index in [9.17, 15) is 24.3 Å². The molecular weight excluding hydrogens is 266 g/mol. The molecule has 8 nitrogen and oxygen atoms in total. The van der Waals surface area contributed by atoms with Crippen molar-refractivity contribution in [1.29, 1.82) is 0 Å². The maximum atomic E-state index is 12.4. The van der Waals surface area contributed by atoms with E-state index in [0.717, 1.165) is 24.2 Å². The third-order valence-corrected chi connectivity index (χ3v) is 3.50. The van der Waals surface area contributed by atoms with Gasteiger partial charge in [0, 0.05) is 6.54 Å². The molecule has 8 heteroatoms. The van der Waals surface area contributed by atoms with Crippen LogP contribution < -0.4 is 5.32 Å². The van der Waals surface area contributed by atoms with Gasteiger partial charge in [0.1, 0.15) is 19.1 Å². The number of carboxylic acid groups (broad SMARTS) is 1. The Hall–Kier alpha value is -2.12. The number of aliphatic carboxylic acids is 1. The number of urea groups is 1. The molecule has 0 saturated carbocycles. The Morgan fingerprint density at radius 2 is 1.75 bits per heavy atom. The summed E-state index contributed by atoms with van der Waals surface area (Å²) in [6, 6.07) is -1.44. The van der Waals surface area contributed by atoms with E-state index >= 15 is 0 Å². The van der Waals surface area contributed by atoms with Crippen LogP contribution in [0, 0.1) is 0 Å². The number of imide groups is 1. The van der Waals surface area contributed by atoms with Crippen molar-refractivity contribution in [3.63, 3.8) is 0 Å². The van der Waals surface area contributed by atoms with Crippen LogP contribution in [0.3, 0.4) is 0 Å². The fourth-order valence-electron chi connectivity index (χ4n) is 2.55. The zero-order chi connectivity index (χ0) is 14.7. The van der Waals surface area contributed by atoms with E-state index in [0.29, 0.717) is 13.0 Å². The number of nitrogens with one attached hydrogen (secondary N) is 1. The summed E-state index contributed by atoms with van der Waals surface area (Å²) in [6.45, 7) is -0.0943. The molecule has 2 rings (SSSR count). The van der Waals surface area contributed by atoms with Crippen LogP contribution in [0.5, 0.6) is 0 Å². The number of rotatable bonds is 1. The van der Waals surface area contributed by atoms with E-state index in [-0.39, 0.29) is 13.1 Å². The summed E-state index contributed by atoms with van der Waals surface area (Å²) in [5.74, 6) is -2.14. The molecule has 0 spiro atoms. The molecule has 0 aromatic heterocycles. The molecule has 4 amide bonds. The Balaban J connectivity index is 2.14. The number of amides is 4. The summed E-state index contributed by atoms with van der Waals surface area (Å²) in [5, 5.41) is 11.3. The zero-order valence-electron chi connectivity index (χ0n) is 11.0. The number of hydrogen-bond donors (Lipinski definition) is 2. The lowest BCUT2D eigenvalue weighted by molar-refractivity contribution is -0.142. The summed E-state index contributed by atoms with van der Waals surface area (Å²) in [7, 11) is 0. The molecule has 0 radical (unpaired) electrons. The summed E-state index contributed by atoms with van der Waals surface area (Å²) in [5.41, 5.74) is 0. The van der Waals surface area contributed by atoms with E-state index in [4.69, 9.17) is 0 Å². The number of piperazine rings is 1. The van der Waals surface area contributed by atoms with Crippen LogP contribution in [0.15, 0.2) is 0 Å². The number of carbonyl (C=O) groups is 4. The lowest BCUT2D eigenvalue weighted by Crippen LogP contribution is -2.58. The highest BCUT2D eigenvalue weighted by atomic mass is 16.4. The second-order valence-corrected chi connectivity index (χ2v) is 5.01. The lowest BCUT2D eigenvalue weighted by Gasteiger charge is -2.34. The van der Waals surface area contributed by atoms with E-state index < -0.39 is 29.9 Å². The smallest absolute Gasteiger partial charge is 0.326 e. The lowest BCUT2D eigenvalue weighted by atomic mass is 10.1. The van der Waals surface area contributed by atoms with Crippen LogP contribution in [0.2, 0.25) is 0 Å². The van der Waals surface area contributed by atoms with Gasteiger partial charge in [-0.15, -0.1) is 0 Å². The van der Waals surface area contributed by atoms with Crippen molar-refractivity contribution in [2.24, 2.45) is 0 Å². The highest BCUT2D eigenvalue weighted by Gasteiger charge is 2.36. The SMILES string of the molecule is O=C1CN(C(=O)N2CCCCCC2C(=O)O)CC(=O)N1. The topological polar surface area (TPSA) is 107 Å². The van der Waals surface area contributed by atoms with Gasteiger partial charge in [0.05, 0.1) is 0 Å². The first-order valence-electron chi connectivity index (χ1n) is 6.60. The normalized spacial score (nSPS) is 24.1. The van der Waals surface area contributed by atoms with Crippen molar-refractivity contribution < 1.29 is 24.3 Å². The van der Waals surface area contributed by atoms with Gasteiger partial charge in [0.15, 0.2) is 0 Å². The third-order valence-electron chi connectivity index (χ3n) is 3.50. The molecule has 0 aromatic carbocycles. The van der Waals surface area contributed by atoms with E-state index in [2.05, 4.69) is 5.32 Å². The minimum atomic E-state index is -1.05. The van der Waals surface area contributed by atoms with E-state index in [1.807, 2.05) is 0 Å². The van der Waals surface area contributed by atoms with Crippen molar-refractivity contribution in [2.45, 2.75) is 31.7 Å². The molecule has 110 valence electrons. The number of likely N-dealkylation sites (tertiary alicyclic amines) is 1. The molecule has 2 fully saturated rings. The maximum Gasteiger partial charge on any atom is 0.326 e. The summed E-state index contributed by atoms with van der Waals surface area (Å²) >= 11 is 0. The van der Waals surface area contributed by atoms with Gasteiger partial charge in [-0.05, 0) is 12.8 Å². The van der Waals surface area contributed by atoms with Crippen molar-refractivity contribution in [3.8, 4) is 0 Å². The Bertz CT molecular complexity index is 434. The fourth-order valence-corrected chi connectivity index (χ4v) is 2.55. The maximum absolute atomic E-state index is 12.4. The molecule has 2 aliphatic heterocycles. The predicted molar refractivity (Wildman–Crippen MR) is 66.7 cm³/mol. The second kappa shape index (κ2) is 5.89. The molecule has 1 unspecified atom stereocenters. The van der Waals surface area contributed by atoms with E-state index in [1.165, 1.54) is 4.90 Å². The molecule has 0 aromatic rings. The van der Waals surface area contributed by atoms with Crippen molar-refractivity contribution >= 4 is 23.8 Å². The quantitative estimate of drug-likeness (QED) is 0.624. The van der Waals surface area contributed by atoms with Crippen LogP contribution in [0.4, 0.5) is 4.79 Å². The van der Waals surface area contributed by atoms with Crippen LogP contribution in [0.25, 0.3) is 0 Å². The minimum Gasteiger partial charge on any atom is -0.480 e. The molecule has 1 atom stereocenters. The number of nitrogens with zero attached hydrogens (tertiary/aromatic N) is 2. The summed E-state index contributed by atoms with van der Waals surface area (Å²) < 4.78 is 0. The van der Waals surface area contributed by atoms with Crippen LogP contribution >= 0.6 is 0 Å². The van der Waals surface area contributed by atoms with E-state index in [1.54, 1.807) is 0 Å². The standard InChI is InChI=1S/C12H17N3O5/c16-9-6-14(7-10(17)13-9)12(20)15-5-3-1-2-4-8(15)11(18)19/h8H,1-7H2,(H,18,19)(H,13,16,17). The highest BCUT2D eigenvalue weighted by Crippen LogP contribution is 2.19. The van der Waals surface area contributed by atoms with Gasteiger partial charge < -0.3 is 14.9 Å². The molecule has 20 heavy (non-hydrogen) atoms. The molecular formula is C12H17N3O5. The van der Waals surface area contributed by atoms with Crippen molar-refractivity contribution in [1.82, 2.24) is 15.1 Å². The average molecular weight is 283 g/mol. The molecule has 2 N–H and O–H groups in total. The highest BCUT2D eigenvalue weighted by molar-refractivity contribution is 6.02. The first-order chi connectivity index (χ1) is 9.49. The Labute approximate surface area is 115 Å². The molecule has 0 aliphatic carbocycles. The Morgan fingerprint density at radius 3 is 2.35 bits per heavy atom. The fraction of sp³-hybridized carbons (Fsp3) is 0.667. The molecule has 2 aliphatic rings. The van der Waals surface area contributed by atoms with Crippen molar-refractivity contribution in [3.05, 3.63) is 0 Å². The van der Waals surface area contributed by atoms with Gasteiger partial charge in [-0.1, -0.05) is 12.8 Å². The Kier molecular flexibility index (Phi) is 4.21. The zero-order valence-corrected chi connectivity index (χ0v) is 11.0. The largest absolute Gasteiger partial charge is 0.480 e. The average Bonchev–Trinajstić information content (AvgIpc) is 2.62. The second-order valence-electron chi connectivity index (χ2n) is 5.01. The van der Waals surface area contributed by atoms with Gasteiger partial charge in [-0.3, -0.25) is 14.9 Å². The van der Waals surface area contributed by atoms with Crippen LogP contribution in [-0.4, -0.2) is 64.4 Å². The molecule has 2 heterocycles. The number of carbonyl (C=O) groups excluding carboxylic acids is 3. The third kappa shape index (κ3) is 3.06.